The molecule has 1 aliphatic heterocycles. The predicted octanol–water partition coefficient (Wildman–Crippen LogP) is 4.81. The number of ketones is 1. The van der Waals surface area contributed by atoms with E-state index in [9.17, 15) is 9.59 Å². The van der Waals surface area contributed by atoms with Crippen molar-refractivity contribution in [2.24, 2.45) is 11.0 Å². The first kappa shape index (κ1) is 20.8. The van der Waals surface area contributed by atoms with E-state index in [1.165, 1.54) is 3.57 Å². The smallest absolute Gasteiger partial charge is 0.240 e. The molecule has 0 aromatic heterocycles. The molecule has 0 fully saturated rings. The van der Waals surface area contributed by atoms with Gasteiger partial charge in [0.1, 0.15) is 0 Å². The Morgan fingerprint density at radius 2 is 1.93 bits per heavy atom. The number of carbonyl (C=O) groups is 2. The van der Waals surface area contributed by atoms with Crippen molar-refractivity contribution in [3.8, 4) is 0 Å². The summed E-state index contributed by atoms with van der Waals surface area (Å²) in [5.74, 6) is 0.288. The topological polar surface area (TPSA) is 70.6 Å². The van der Waals surface area contributed by atoms with Crippen LogP contribution in [-0.4, -0.2) is 17.4 Å². The highest BCUT2D eigenvalue weighted by atomic mass is 127. The number of nitrogens with one attached hydrogen (secondary N) is 2. The molecule has 0 spiro atoms. The SMILES string of the molecule is C[C@H]1CC(=O)NN=C1c1ccc(NC2=C(Cc3cccc(I)c3)C(=O)CCC2)cc1. The number of amides is 1. The molecule has 5 nitrogen and oxygen atoms in total. The molecule has 0 radical (unpaired) electrons. The summed E-state index contributed by atoms with van der Waals surface area (Å²) in [6.45, 7) is 2.01. The summed E-state index contributed by atoms with van der Waals surface area (Å²) in [5, 5.41) is 7.72. The summed E-state index contributed by atoms with van der Waals surface area (Å²) in [4.78, 5) is 24.1. The second-order valence-electron chi connectivity index (χ2n) is 7.88. The van der Waals surface area contributed by atoms with Crippen LogP contribution >= 0.6 is 22.6 Å². The molecule has 30 heavy (non-hydrogen) atoms. The minimum Gasteiger partial charge on any atom is -0.359 e. The van der Waals surface area contributed by atoms with Crippen molar-refractivity contribution in [2.75, 3.05) is 5.32 Å². The number of benzene rings is 2. The van der Waals surface area contributed by atoms with Crippen LogP contribution in [-0.2, 0) is 16.0 Å². The van der Waals surface area contributed by atoms with Gasteiger partial charge >= 0.3 is 0 Å². The predicted molar refractivity (Wildman–Crippen MR) is 127 cm³/mol. The number of hydrogen-bond donors (Lipinski definition) is 2. The van der Waals surface area contributed by atoms with Crippen LogP contribution in [0, 0.1) is 9.49 Å². The minimum atomic E-state index is -0.0425. The molecule has 4 rings (SSSR count). The van der Waals surface area contributed by atoms with Crippen LogP contribution < -0.4 is 10.7 Å². The first-order valence-corrected chi connectivity index (χ1v) is 11.3. The summed E-state index contributed by atoms with van der Waals surface area (Å²) < 4.78 is 1.18. The molecular weight excluding hydrogens is 489 g/mol. The fourth-order valence-electron chi connectivity index (χ4n) is 3.99. The van der Waals surface area contributed by atoms with E-state index in [-0.39, 0.29) is 17.6 Å². The Morgan fingerprint density at radius 1 is 1.13 bits per heavy atom. The van der Waals surface area contributed by atoms with Crippen LogP contribution in [0.3, 0.4) is 0 Å². The zero-order chi connectivity index (χ0) is 21.1. The fraction of sp³-hybridized carbons (Fsp3) is 0.292. The van der Waals surface area contributed by atoms with Crippen molar-refractivity contribution in [1.29, 1.82) is 0 Å². The van der Waals surface area contributed by atoms with Crippen LogP contribution in [0.15, 0.2) is 64.9 Å². The lowest BCUT2D eigenvalue weighted by molar-refractivity contribution is -0.122. The number of anilines is 1. The highest BCUT2D eigenvalue weighted by Crippen LogP contribution is 2.27. The Balaban J connectivity index is 1.55. The van der Waals surface area contributed by atoms with E-state index in [0.29, 0.717) is 19.3 Å². The second-order valence-corrected chi connectivity index (χ2v) is 9.13. The number of nitrogens with zero attached hydrogens (tertiary/aromatic N) is 1. The first-order chi connectivity index (χ1) is 14.5. The molecule has 0 saturated heterocycles. The fourth-order valence-corrected chi connectivity index (χ4v) is 4.60. The molecule has 2 N–H and O–H groups in total. The number of Topliss-reactive ketones (excluding diaryl/α,β-unsaturated/α-hetero) is 1. The maximum absolute atomic E-state index is 12.7. The van der Waals surface area contributed by atoms with E-state index in [1.54, 1.807) is 0 Å². The third-order valence-electron chi connectivity index (χ3n) is 5.54. The van der Waals surface area contributed by atoms with E-state index in [0.717, 1.165) is 46.6 Å². The van der Waals surface area contributed by atoms with Crippen molar-refractivity contribution in [3.05, 3.63) is 74.5 Å². The average Bonchev–Trinajstić information content (AvgIpc) is 2.71. The maximum Gasteiger partial charge on any atom is 0.240 e. The van der Waals surface area contributed by atoms with Crippen molar-refractivity contribution in [2.45, 2.75) is 39.0 Å². The molecule has 1 amide bonds. The molecule has 2 aromatic carbocycles. The van der Waals surface area contributed by atoms with E-state index < -0.39 is 0 Å². The molecule has 1 heterocycles. The van der Waals surface area contributed by atoms with E-state index in [1.807, 2.05) is 37.3 Å². The zero-order valence-electron chi connectivity index (χ0n) is 16.9. The first-order valence-electron chi connectivity index (χ1n) is 10.2. The van der Waals surface area contributed by atoms with Gasteiger partial charge in [0.15, 0.2) is 5.78 Å². The molecule has 154 valence electrons. The van der Waals surface area contributed by atoms with Crippen molar-refractivity contribution < 1.29 is 9.59 Å². The lowest BCUT2D eigenvalue weighted by Gasteiger charge is -2.22. The highest BCUT2D eigenvalue weighted by molar-refractivity contribution is 14.1. The van der Waals surface area contributed by atoms with Gasteiger partial charge in [0.05, 0.1) is 5.71 Å². The Labute approximate surface area is 190 Å². The molecule has 0 bridgehead atoms. The van der Waals surface area contributed by atoms with Gasteiger partial charge in [0, 0.05) is 45.7 Å². The number of rotatable bonds is 5. The largest absolute Gasteiger partial charge is 0.359 e. The number of halogens is 1. The molecule has 2 aromatic rings. The van der Waals surface area contributed by atoms with Crippen molar-refractivity contribution in [3.63, 3.8) is 0 Å². The Hall–Kier alpha value is -2.48. The Bertz CT molecular complexity index is 1040. The quantitative estimate of drug-likeness (QED) is 0.564. The van der Waals surface area contributed by atoms with E-state index in [4.69, 9.17) is 0 Å². The van der Waals surface area contributed by atoms with E-state index >= 15 is 0 Å². The van der Waals surface area contributed by atoms with Crippen LogP contribution in [0.25, 0.3) is 0 Å². The van der Waals surface area contributed by atoms with Crippen LogP contribution in [0.1, 0.15) is 43.7 Å². The lowest BCUT2D eigenvalue weighted by atomic mass is 9.90. The van der Waals surface area contributed by atoms with Gasteiger partial charge in [-0.2, -0.15) is 5.10 Å². The van der Waals surface area contributed by atoms with Gasteiger partial charge in [-0.05, 0) is 70.8 Å². The van der Waals surface area contributed by atoms with Gasteiger partial charge in [0.25, 0.3) is 0 Å². The van der Waals surface area contributed by atoms with Gasteiger partial charge in [-0.15, -0.1) is 0 Å². The minimum absolute atomic E-state index is 0.0425. The maximum atomic E-state index is 12.7. The number of allylic oxidation sites excluding steroid dienone is 2. The van der Waals surface area contributed by atoms with Crippen LogP contribution in [0.2, 0.25) is 0 Å². The highest BCUT2D eigenvalue weighted by Gasteiger charge is 2.23. The molecular formula is C24H24IN3O2. The molecule has 1 aliphatic carbocycles. The molecule has 2 aliphatic rings. The molecule has 0 saturated carbocycles. The summed E-state index contributed by atoms with van der Waals surface area (Å²) in [7, 11) is 0. The third kappa shape index (κ3) is 4.80. The van der Waals surface area contributed by atoms with Crippen LogP contribution in [0.5, 0.6) is 0 Å². The monoisotopic (exact) mass is 513 g/mol. The molecule has 0 unspecified atom stereocenters. The second kappa shape index (κ2) is 9.12. The standard InChI is InChI=1S/C24H24IN3O2/c1-15-12-23(30)27-28-24(15)17-8-10-19(11-9-17)26-21-6-3-7-22(29)20(21)14-16-4-2-5-18(25)13-16/h2,4-5,8-11,13,15,26H,3,6-7,12,14H2,1H3,(H,27,30)/t15-/m0/s1. The van der Waals surface area contributed by atoms with Gasteiger partial charge in [-0.25, -0.2) is 5.43 Å². The Morgan fingerprint density at radius 3 is 2.67 bits per heavy atom. The molecule has 6 heteroatoms. The molecule has 1 atom stereocenters. The summed E-state index contributed by atoms with van der Waals surface area (Å²) in [6, 6.07) is 16.4. The van der Waals surface area contributed by atoms with E-state index in [2.05, 4.69) is 56.6 Å². The number of carbonyl (C=O) groups excluding carboxylic acids is 2. The third-order valence-corrected chi connectivity index (χ3v) is 6.21. The van der Waals surface area contributed by atoms with Crippen LogP contribution in [0.4, 0.5) is 5.69 Å². The number of hydrogen-bond acceptors (Lipinski definition) is 4. The Kier molecular flexibility index (Phi) is 6.32. The van der Waals surface area contributed by atoms with Crippen molar-refractivity contribution in [1.82, 2.24) is 5.43 Å². The average molecular weight is 513 g/mol. The van der Waals surface area contributed by atoms with Gasteiger partial charge < -0.3 is 5.32 Å². The zero-order valence-corrected chi connectivity index (χ0v) is 19.0. The van der Waals surface area contributed by atoms with Gasteiger partial charge in [-0.3, -0.25) is 9.59 Å². The summed E-state index contributed by atoms with van der Waals surface area (Å²) >= 11 is 2.30. The van der Waals surface area contributed by atoms with Gasteiger partial charge in [0.2, 0.25) is 5.91 Å². The lowest BCUT2D eigenvalue weighted by Crippen LogP contribution is -2.31. The number of hydrazone groups is 1. The summed E-state index contributed by atoms with van der Waals surface area (Å²) in [5.41, 5.74) is 8.49. The summed E-state index contributed by atoms with van der Waals surface area (Å²) in [6.07, 6.45) is 3.48. The van der Waals surface area contributed by atoms with Crippen molar-refractivity contribution >= 4 is 45.7 Å². The van der Waals surface area contributed by atoms with Gasteiger partial charge in [-0.1, -0.05) is 31.2 Å². The normalized spacial score (nSPS) is 19.4.